The Hall–Kier alpha value is -0.810. The maximum atomic E-state index is 11.7. The fourth-order valence-corrected chi connectivity index (χ4v) is 1.72. The molecule has 1 unspecified atom stereocenters. The molecule has 2 amide bonds. The lowest BCUT2D eigenvalue weighted by Gasteiger charge is -2.39. The van der Waals surface area contributed by atoms with Crippen molar-refractivity contribution in [2.24, 2.45) is 5.73 Å². The van der Waals surface area contributed by atoms with E-state index in [0.29, 0.717) is 6.54 Å². The van der Waals surface area contributed by atoms with Crippen LogP contribution in [-0.4, -0.2) is 61.1 Å². The molecule has 0 aromatic carbocycles. The molecule has 88 valence electrons. The molecule has 0 aromatic rings. The summed E-state index contributed by atoms with van der Waals surface area (Å²) in [5.74, 6) is 0. The van der Waals surface area contributed by atoms with Crippen LogP contribution in [0.15, 0.2) is 0 Å². The molecule has 1 heterocycles. The van der Waals surface area contributed by atoms with Gasteiger partial charge in [-0.25, -0.2) is 4.79 Å². The zero-order chi connectivity index (χ0) is 11.4. The van der Waals surface area contributed by atoms with Gasteiger partial charge in [-0.3, -0.25) is 4.90 Å². The van der Waals surface area contributed by atoms with Gasteiger partial charge in [0.2, 0.25) is 0 Å². The first-order chi connectivity index (χ1) is 7.04. The van der Waals surface area contributed by atoms with Gasteiger partial charge in [-0.1, -0.05) is 0 Å². The molecule has 1 fully saturated rings. The highest BCUT2D eigenvalue weighted by atomic mass is 16.2. The van der Waals surface area contributed by atoms with Gasteiger partial charge in [0.1, 0.15) is 0 Å². The van der Waals surface area contributed by atoms with Gasteiger partial charge in [0.15, 0.2) is 0 Å². The van der Waals surface area contributed by atoms with Crippen LogP contribution in [0, 0.1) is 0 Å². The first kappa shape index (κ1) is 12.3. The third-order valence-electron chi connectivity index (χ3n) is 2.75. The zero-order valence-electron chi connectivity index (χ0n) is 9.86. The van der Waals surface area contributed by atoms with Crippen LogP contribution in [0.1, 0.15) is 13.8 Å². The van der Waals surface area contributed by atoms with Gasteiger partial charge in [0.05, 0.1) is 0 Å². The van der Waals surface area contributed by atoms with Crippen LogP contribution < -0.4 is 11.1 Å². The van der Waals surface area contributed by atoms with Crippen LogP contribution in [0.2, 0.25) is 0 Å². The molecular formula is C10H22N4O. The molecule has 1 saturated heterocycles. The second-order valence-electron chi connectivity index (χ2n) is 4.42. The Morgan fingerprint density at radius 1 is 1.53 bits per heavy atom. The van der Waals surface area contributed by atoms with Gasteiger partial charge in [-0.2, -0.15) is 0 Å². The molecule has 3 N–H and O–H groups in total. The van der Waals surface area contributed by atoms with Crippen molar-refractivity contribution in [1.29, 1.82) is 0 Å². The predicted molar refractivity (Wildman–Crippen MR) is 60.7 cm³/mol. The lowest BCUT2D eigenvalue weighted by molar-refractivity contribution is 0.112. The van der Waals surface area contributed by atoms with Crippen LogP contribution >= 0.6 is 0 Å². The largest absolute Gasteiger partial charge is 0.336 e. The van der Waals surface area contributed by atoms with Crippen molar-refractivity contribution in [3.8, 4) is 0 Å². The number of hydrogen-bond donors (Lipinski definition) is 2. The van der Waals surface area contributed by atoms with Crippen LogP contribution in [0.25, 0.3) is 0 Å². The van der Waals surface area contributed by atoms with Gasteiger partial charge in [0.25, 0.3) is 0 Å². The van der Waals surface area contributed by atoms with Crippen LogP contribution in [-0.2, 0) is 0 Å². The molecule has 1 aliphatic rings. The molecule has 1 rings (SSSR count). The number of nitrogens with one attached hydrogen (secondary N) is 1. The minimum absolute atomic E-state index is 0.0246. The number of nitrogens with two attached hydrogens (primary N) is 1. The summed E-state index contributed by atoms with van der Waals surface area (Å²) in [5, 5.41) is 2.90. The molecule has 0 aliphatic carbocycles. The molecule has 0 bridgehead atoms. The first-order valence-electron chi connectivity index (χ1n) is 5.50. The molecule has 0 radical (unpaired) electrons. The van der Waals surface area contributed by atoms with Crippen molar-refractivity contribution in [2.75, 3.05) is 33.2 Å². The maximum Gasteiger partial charge on any atom is 0.317 e. The fraction of sp³-hybridized carbons (Fsp3) is 0.900. The number of piperazine rings is 1. The lowest BCUT2D eigenvalue weighted by Crippen LogP contribution is -2.58. The highest BCUT2D eigenvalue weighted by Gasteiger charge is 2.26. The number of hydrogen-bond acceptors (Lipinski definition) is 3. The SMILES string of the molecule is CC(C)NC(=O)N1CCN(C)C(CN)C1. The van der Waals surface area contributed by atoms with E-state index in [1.54, 1.807) is 0 Å². The first-order valence-corrected chi connectivity index (χ1v) is 5.50. The average molecular weight is 214 g/mol. The fourth-order valence-electron chi connectivity index (χ4n) is 1.72. The van der Waals surface area contributed by atoms with Crippen molar-refractivity contribution in [2.45, 2.75) is 25.9 Å². The molecule has 0 saturated carbocycles. The minimum Gasteiger partial charge on any atom is -0.336 e. The highest BCUT2D eigenvalue weighted by Crippen LogP contribution is 2.06. The van der Waals surface area contributed by atoms with E-state index in [4.69, 9.17) is 5.73 Å². The minimum atomic E-state index is 0.0246. The zero-order valence-corrected chi connectivity index (χ0v) is 9.86. The average Bonchev–Trinajstić information content (AvgIpc) is 2.17. The topological polar surface area (TPSA) is 61.6 Å². The van der Waals surface area contributed by atoms with E-state index in [1.807, 2.05) is 18.7 Å². The van der Waals surface area contributed by atoms with Crippen LogP contribution in [0.4, 0.5) is 4.79 Å². The molecular weight excluding hydrogens is 192 g/mol. The monoisotopic (exact) mass is 214 g/mol. The second kappa shape index (κ2) is 5.32. The second-order valence-corrected chi connectivity index (χ2v) is 4.42. The molecule has 0 spiro atoms. The van der Waals surface area contributed by atoms with E-state index in [9.17, 15) is 4.79 Å². The van der Waals surface area contributed by atoms with E-state index >= 15 is 0 Å². The van der Waals surface area contributed by atoms with Gasteiger partial charge >= 0.3 is 6.03 Å². The summed E-state index contributed by atoms with van der Waals surface area (Å²) in [6.45, 7) is 6.94. The third-order valence-corrected chi connectivity index (χ3v) is 2.75. The molecule has 5 nitrogen and oxygen atoms in total. The molecule has 5 heteroatoms. The Morgan fingerprint density at radius 3 is 2.73 bits per heavy atom. The van der Waals surface area contributed by atoms with Crippen molar-refractivity contribution in [3.05, 3.63) is 0 Å². The van der Waals surface area contributed by atoms with Crippen LogP contribution in [0.3, 0.4) is 0 Å². The Bertz CT molecular complexity index is 219. The van der Waals surface area contributed by atoms with Crippen molar-refractivity contribution in [1.82, 2.24) is 15.1 Å². The van der Waals surface area contributed by atoms with E-state index in [1.165, 1.54) is 0 Å². The van der Waals surface area contributed by atoms with Crippen LogP contribution in [0.5, 0.6) is 0 Å². The quantitative estimate of drug-likeness (QED) is 0.662. The summed E-state index contributed by atoms with van der Waals surface area (Å²) in [4.78, 5) is 15.8. The number of likely N-dealkylation sites (N-methyl/N-ethyl adjacent to an activating group) is 1. The van der Waals surface area contributed by atoms with Crippen molar-refractivity contribution < 1.29 is 4.79 Å². The summed E-state index contributed by atoms with van der Waals surface area (Å²) in [6, 6.07) is 0.502. The van der Waals surface area contributed by atoms with E-state index in [0.717, 1.165) is 19.6 Å². The smallest absolute Gasteiger partial charge is 0.317 e. The Labute approximate surface area is 91.6 Å². The lowest BCUT2D eigenvalue weighted by atomic mass is 10.2. The summed E-state index contributed by atoms with van der Waals surface area (Å²) in [6.07, 6.45) is 0. The number of urea groups is 1. The molecule has 1 atom stereocenters. The summed E-state index contributed by atoms with van der Waals surface area (Å²) in [5.41, 5.74) is 5.66. The normalized spacial score (nSPS) is 23.3. The number of carbonyl (C=O) groups excluding carboxylic acids is 1. The highest BCUT2D eigenvalue weighted by molar-refractivity contribution is 5.74. The Kier molecular flexibility index (Phi) is 4.35. The molecule has 0 aromatic heterocycles. The van der Waals surface area contributed by atoms with Crippen molar-refractivity contribution >= 4 is 6.03 Å². The van der Waals surface area contributed by atoms with Crippen molar-refractivity contribution in [3.63, 3.8) is 0 Å². The number of nitrogens with zero attached hydrogens (tertiary/aromatic N) is 2. The summed E-state index contributed by atoms with van der Waals surface area (Å²) >= 11 is 0. The third kappa shape index (κ3) is 3.35. The summed E-state index contributed by atoms with van der Waals surface area (Å²) in [7, 11) is 2.05. The maximum absolute atomic E-state index is 11.7. The predicted octanol–water partition coefficient (Wildman–Crippen LogP) is -0.321. The van der Waals surface area contributed by atoms with Gasteiger partial charge < -0.3 is 16.0 Å². The van der Waals surface area contributed by atoms with E-state index in [2.05, 4.69) is 17.3 Å². The number of rotatable bonds is 2. The number of carbonyl (C=O) groups is 1. The van der Waals surface area contributed by atoms with Gasteiger partial charge in [-0.05, 0) is 20.9 Å². The molecule has 1 aliphatic heterocycles. The Morgan fingerprint density at radius 2 is 2.20 bits per heavy atom. The number of amides is 2. The summed E-state index contributed by atoms with van der Waals surface area (Å²) < 4.78 is 0. The standard InChI is InChI=1S/C10H22N4O/c1-8(2)12-10(15)14-5-4-13(3)9(6-11)7-14/h8-9H,4-7,11H2,1-3H3,(H,12,15). The van der Waals surface area contributed by atoms with Gasteiger partial charge in [-0.15, -0.1) is 0 Å². The van der Waals surface area contributed by atoms with E-state index < -0.39 is 0 Å². The molecule has 15 heavy (non-hydrogen) atoms. The Balaban J connectivity index is 2.47. The van der Waals surface area contributed by atoms with E-state index in [-0.39, 0.29) is 18.1 Å². The van der Waals surface area contributed by atoms with Gasteiger partial charge in [0, 0.05) is 38.3 Å².